The molecule has 6 nitrogen and oxygen atoms in total. The van der Waals surface area contributed by atoms with Crippen LogP contribution in [-0.4, -0.2) is 25.0 Å². The summed E-state index contributed by atoms with van der Waals surface area (Å²) in [5, 5.41) is 20.2. The van der Waals surface area contributed by atoms with E-state index in [4.69, 9.17) is 0 Å². The van der Waals surface area contributed by atoms with Crippen LogP contribution >= 0.6 is 0 Å². The molecule has 0 rings (SSSR count). The van der Waals surface area contributed by atoms with Crippen LogP contribution in [0.2, 0.25) is 0 Å². The Morgan fingerprint density at radius 3 is 2.15 bits per heavy atom. The summed E-state index contributed by atoms with van der Waals surface area (Å²) in [4.78, 5) is 31.0. The van der Waals surface area contributed by atoms with Gasteiger partial charge < -0.3 is 24.5 Å². The van der Waals surface area contributed by atoms with E-state index in [0.29, 0.717) is 0 Å². The van der Waals surface area contributed by atoms with Gasteiger partial charge in [-0.15, -0.1) is 0 Å². The monoisotopic (exact) mass is 188 g/mol. The fourth-order valence-corrected chi connectivity index (χ4v) is 0.736. The molecule has 0 aromatic rings. The first-order chi connectivity index (χ1) is 5.99. The molecule has 0 aromatic carbocycles. The van der Waals surface area contributed by atoms with Crippen LogP contribution < -0.4 is 10.2 Å². The lowest BCUT2D eigenvalue weighted by Gasteiger charge is -2.15. The third-order valence-electron chi connectivity index (χ3n) is 1.41. The molecule has 0 aliphatic rings. The summed E-state index contributed by atoms with van der Waals surface area (Å²) in [6, 6.07) is 0. The van der Waals surface area contributed by atoms with Crippen molar-refractivity contribution >= 4 is 17.9 Å². The first-order valence-electron chi connectivity index (χ1n) is 3.47. The maximum absolute atomic E-state index is 10.7. The lowest BCUT2D eigenvalue weighted by molar-refractivity contribution is -0.312. The lowest BCUT2D eigenvalue weighted by Crippen LogP contribution is -2.38. The predicted octanol–water partition coefficient (Wildman–Crippen LogP) is -2.94. The van der Waals surface area contributed by atoms with Crippen LogP contribution in [0.15, 0.2) is 0 Å². The number of rotatable bonds is 5. The van der Waals surface area contributed by atoms with E-state index in [1.54, 1.807) is 0 Å². The highest BCUT2D eigenvalue weighted by Crippen LogP contribution is 2.06. The fraction of sp³-hybridized carbons (Fsp3) is 0.571. The summed E-state index contributed by atoms with van der Waals surface area (Å²) in [7, 11) is 1.01. The summed E-state index contributed by atoms with van der Waals surface area (Å²) in [5.41, 5.74) is 0. The van der Waals surface area contributed by atoms with E-state index >= 15 is 0 Å². The van der Waals surface area contributed by atoms with E-state index in [1.807, 2.05) is 0 Å². The quantitative estimate of drug-likeness (QED) is 0.337. The highest BCUT2D eigenvalue weighted by Gasteiger charge is 2.19. The Kier molecular flexibility index (Phi) is 4.50. The predicted molar refractivity (Wildman–Crippen MR) is 34.8 cm³/mol. The number of hydrogen-bond acceptors (Lipinski definition) is 6. The number of methoxy groups -OCH3 is 1. The van der Waals surface area contributed by atoms with Crippen molar-refractivity contribution in [1.29, 1.82) is 0 Å². The van der Waals surface area contributed by atoms with Crippen LogP contribution in [-0.2, 0) is 19.1 Å². The largest absolute Gasteiger partial charge is 0.550 e. The van der Waals surface area contributed by atoms with E-state index in [0.717, 1.165) is 7.11 Å². The number of carboxylic acid groups (broad SMARTS) is 2. The number of esters is 1. The highest BCUT2D eigenvalue weighted by molar-refractivity contribution is 5.93. The summed E-state index contributed by atoms with van der Waals surface area (Å²) in [6.45, 7) is 0. The third-order valence-corrected chi connectivity index (χ3v) is 1.41. The van der Waals surface area contributed by atoms with Crippen molar-refractivity contribution in [3.05, 3.63) is 0 Å². The van der Waals surface area contributed by atoms with Crippen molar-refractivity contribution in [2.45, 2.75) is 12.8 Å². The zero-order valence-corrected chi connectivity index (χ0v) is 6.94. The number of aliphatic carboxylic acids is 2. The molecular weight excluding hydrogens is 180 g/mol. The van der Waals surface area contributed by atoms with Crippen molar-refractivity contribution in [3.8, 4) is 0 Å². The summed E-state index contributed by atoms with van der Waals surface area (Å²) in [6.07, 6.45) is -0.898. The Morgan fingerprint density at radius 1 is 1.31 bits per heavy atom. The minimum atomic E-state index is -1.65. The maximum Gasteiger partial charge on any atom is 0.314 e. The van der Waals surface area contributed by atoms with E-state index < -0.39 is 30.2 Å². The molecule has 0 aliphatic heterocycles. The molecule has 0 aromatic heterocycles. The number of carboxylic acids is 2. The van der Waals surface area contributed by atoms with Gasteiger partial charge in [0.05, 0.1) is 19.0 Å². The molecular formula is C7H8O6-2. The normalized spacial score (nSPS) is 11.8. The molecule has 0 bridgehead atoms. The second kappa shape index (κ2) is 5.13. The van der Waals surface area contributed by atoms with Gasteiger partial charge >= 0.3 is 5.97 Å². The van der Waals surface area contributed by atoms with E-state index in [-0.39, 0.29) is 6.42 Å². The molecule has 0 N–H and O–H groups in total. The van der Waals surface area contributed by atoms with Gasteiger partial charge in [-0.05, 0) is 12.8 Å². The minimum absolute atomic E-state index is 0.378. The fourth-order valence-electron chi connectivity index (χ4n) is 0.736. The number of carbonyl (C=O) groups is 3. The van der Waals surface area contributed by atoms with E-state index in [9.17, 15) is 24.6 Å². The molecule has 0 saturated heterocycles. The van der Waals surface area contributed by atoms with Gasteiger partial charge in [-0.3, -0.25) is 4.79 Å². The van der Waals surface area contributed by atoms with Gasteiger partial charge in [0, 0.05) is 5.97 Å². The van der Waals surface area contributed by atoms with E-state index in [1.165, 1.54) is 0 Å². The summed E-state index contributed by atoms with van der Waals surface area (Å²) < 4.78 is 4.13. The molecule has 0 radical (unpaired) electrons. The van der Waals surface area contributed by atoms with Gasteiger partial charge in [0.1, 0.15) is 0 Å². The molecule has 1 atom stereocenters. The average Bonchev–Trinajstić information content (AvgIpc) is 2.03. The molecule has 0 spiro atoms. The van der Waals surface area contributed by atoms with Crippen LogP contribution in [0, 0.1) is 5.92 Å². The molecule has 0 amide bonds. The van der Waals surface area contributed by atoms with Crippen molar-refractivity contribution in [3.63, 3.8) is 0 Å². The van der Waals surface area contributed by atoms with Gasteiger partial charge in [0.15, 0.2) is 0 Å². The van der Waals surface area contributed by atoms with Gasteiger partial charge in [-0.2, -0.15) is 0 Å². The first kappa shape index (κ1) is 11.4. The number of ether oxygens (including phenoxy) is 1. The standard InChI is InChI=1S/C7H10O6/c1-13-7(12)4(6(10)11)2-3-5(8)9/h4H,2-3H2,1H3,(H,8,9)(H,10,11)/p-2. The van der Waals surface area contributed by atoms with Crippen LogP contribution in [0.5, 0.6) is 0 Å². The third kappa shape index (κ3) is 4.09. The Morgan fingerprint density at radius 2 is 1.85 bits per heavy atom. The zero-order chi connectivity index (χ0) is 10.4. The van der Waals surface area contributed by atoms with Crippen molar-refractivity contribution in [1.82, 2.24) is 0 Å². The molecule has 1 unspecified atom stereocenters. The number of carbonyl (C=O) groups excluding carboxylic acids is 3. The van der Waals surface area contributed by atoms with E-state index in [2.05, 4.69) is 4.74 Å². The topological polar surface area (TPSA) is 107 Å². The number of hydrogen-bond donors (Lipinski definition) is 0. The Balaban J connectivity index is 4.18. The zero-order valence-electron chi connectivity index (χ0n) is 6.94. The van der Waals surface area contributed by atoms with Crippen LogP contribution in [0.4, 0.5) is 0 Å². The second-order valence-electron chi connectivity index (χ2n) is 2.31. The molecule has 0 saturated carbocycles. The van der Waals surface area contributed by atoms with Crippen molar-refractivity contribution < 1.29 is 29.3 Å². The molecule has 0 aliphatic carbocycles. The molecule has 74 valence electrons. The SMILES string of the molecule is COC(=O)C(CCC(=O)[O-])C(=O)[O-]. The highest BCUT2D eigenvalue weighted by atomic mass is 16.5. The smallest absolute Gasteiger partial charge is 0.314 e. The molecule has 13 heavy (non-hydrogen) atoms. The Hall–Kier alpha value is -1.59. The average molecular weight is 188 g/mol. The lowest BCUT2D eigenvalue weighted by atomic mass is 10.0. The van der Waals surface area contributed by atoms with Gasteiger partial charge in [0.25, 0.3) is 0 Å². The van der Waals surface area contributed by atoms with Gasteiger partial charge in [-0.1, -0.05) is 0 Å². The molecule has 6 heteroatoms. The molecule has 0 fully saturated rings. The van der Waals surface area contributed by atoms with Crippen LogP contribution in [0.1, 0.15) is 12.8 Å². The van der Waals surface area contributed by atoms with Crippen molar-refractivity contribution in [2.24, 2.45) is 5.92 Å². The van der Waals surface area contributed by atoms with Crippen molar-refractivity contribution in [2.75, 3.05) is 7.11 Å². The molecule has 0 heterocycles. The van der Waals surface area contributed by atoms with Crippen LogP contribution in [0.25, 0.3) is 0 Å². The summed E-state index contributed by atoms with van der Waals surface area (Å²) >= 11 is 0. The minimum Gasteiger partial charge on any atom is -0.550 e. The first-order valence-corrected chi connectivity index (χ1v) is 3.47. The Bertz CT molecular complexity index is 221. The van der Waals surface area contributed by atoms with Gasteiger partial charge in [0.2, 0.25) is 0 Å². The van der Waals surface area contributed by atoms with Gasteiger partial charge in [-0.25, -0.2) is 0 Å². The second-order valence-corrected chi connectivity index (χ2v) is 2.31. The maximum atomic E-state index is 10.7. The van der Waals surface area contributed by atoms with Crippen LogP contribution in [0.3, 0.4) is 0 Å². The summed E-state index contributed by atoms with van der Waals surface area (Å²) in [5.74, 6) is -5.62. The Labute approximate surface area is 74.1 Å².